The Morgan fingerprint density at radius 1 is 1.14 bits per heavy atom. The first-order chi connectivity index (χ1) is 10.1. The van der Waals surface area contributed by atoms with Gasteiger partial charge >= 0.3 is 0 Å². The number of aryl methyl sites for hydroxylation is 1. The molecule has 21 heavy (non-hydrogen) atoms. The van der Waals surface area contributed by atoms with Crippen molar-refractivity contribution in [3.05, 3.63) is 63.9 Å². The van der Waals surface area contributed by atoms with E-state index in [1.807, 2.05) is 32.0 Å². The highest BCUT2D eigenvalue weighted by molar-refractivity contribution is 6.30. The summed E-state index contributed by atoms with van der Waals surface area (Å²) >= 11 is 6.03. The molecular formula is C17H19ClFNO. The van der Waals surface area contributed by atoms with Crippen molar-refractivity contribution >= 4 is 11.6 Å². The van der Waals surface area contributed by atoms with Gasteiger partial charge in [0.05, 0.1) is 0 Å². The number of benzene rings is 2. The fourth-order valence-electron chi connectivity index (χ4n) is 2.06. The van der Waals surface area contributed by atoms with Crippen molar-refractivity contribution in [3.63, 3.8) is 0 Å². The molecule has 0 aliphatic heterocycles. The third-order valence-corrected chi connectivity index (χ3v) is 3.51. The van der Waals surface area contributed by atoms with Gasteiger partial charge in [-0.3, -0.25) is 0 Å². The summed E-state index contributed by atoms with van der Waals surface area (Å²) in [5.74, 6) is 0.569. The predicted molar refractivity (Wildman–Crippen MR) is 84.3 cm³/mol. The van der Waals surface area contributed by atoms with E-state index >= 15 is 0 Å². The van der Waals surface area contributed by atoms with Crippen molar-refractivity contribution in [1.29, 1.82) is 0 Å². The smallest absolute Gasteiger partial charge is 0.124 e. The fraction of sp³-hybridized carbons (Fsp3) is 0.294. The largest absolute Gasteiger partial charge is 0.489 e. The minimum absolute atomic E-state index is 0.226. The highest BCUT2D eigenvalue weighted by atomic mass is 35.5. The van der Waals surface area contributed by atoms with Crippen molar-refractivity contribution < 1.29 is 9.13 Å². The molecule has 0 saturated carbocycles. The highest BCUT2D eigenvalue weighted by Crippen LogP contribution is 2.24. The first kappa shape index (κ1) is 15.8. The highest BCUT2D eigenvalue weighted by Gasteiger charge is 2.06. The lowest BCUT2D eigenvalue weighted by atomic mass is 10.1. The Hall–Kier alpha value is -1.58. The second kappa shape index (κ2) is 7.43. The van der Waals surface area contributed by atoms with Gasteiger partial charge in [-0.15, -0.1) is 0 Å². The zero-order valence-corrected chi connectivity index (χ0v) is 13.0. The normalized spacial score (nSPS) is 10.7. The van der Waals surface area contributed by atoms with E-state index in [0.717, 1.165) is 29.0 Å². The molecule has 0 saturated heterocycles. The first-order valence-corrected chi connectivity index (χ1v) is 7.35. The zero-order chi connectivity index (χ0) is 15.2. The molecule has 1 N–H and O–H groups in total. The van der Waals surface area contributed by atoms with E-state index < -0.39 is 0 Å². The molecule has 0 radical (unpaired) electrons. The van der Waals surface area contributed by atoms with E-state index in [4.69, 9.17) is 16.3 Å². The molecule has 2 nitrogen and oxygen atoms in total. The maximum absolute atomic E-state index is 13.1. The third-order valence-electron chi connectivity index (χ3n) is 3.28. The fourth-order valence-corrected chi connectivity index (χ4v) is 2.26. The molecule has 2 aromatic rings. The Morgan fingerprint density at radius 2 is 1.95 bits per heavy atom. The molecule has 0 bridgehead atoms. The summed E-state index contributed by atoms with van der Waals surface area (Å²) in [6.07, 6.45) is 0. The SMILES string of the molecule is CCNCc1cc(Cl)ccc1OCc1ccc(F)cc1C. The maximum Gasteiger partial charge on any atom is 0.124 e. The van der Waals surface area contributed by atoms with Gasteiger partial charge in [0.15, 0.2) is 0 Å². The summed E-state index contributed by atoms with van der Waals surface area (Å²) < 4.78 is 19.0. The summed E-state index contributed by atoms with van der Waals surface area (Å²) in [4.78, 5) is 0. The number of hydrogen-bond donors (Lipinski definition) is 1. The lowest BCUT2D eigenvalue weighted by molar-refractivity contribution is 0.301. The van der Waals surface area contributed by atoms with Gasteiger partial charge in [0.1, 0.15) is 18.2 Å². The van der Waals surface area contributed by atoms with E-state index in [-0.39, 0.29) is 5.82 Å². The molecule has 0 atom stereocenters. The van der Waals surface area contributed by atoms with Crippen LogP contribution in [-0.2, 0) is 13.2 Å². The van der Waals surface area contributed by atoms with Crippen LogP contribution in [0, 0.1) is 12.7 Å². The molecule has 2 aromatic carbocycles. The number of nitrogens with one attached hydrogen (secondary N) is 1. The van der Waals surface area contributed by atoms with Crippen LogP contribution in [0.2, 0.25) is 5.02 Å². The summed E-state index contributed by atoms with van der Waals surface area (Å²) in [7, 11) is 0. The molecule has 0 heterocycles. The predicted octanol–water partition coefficient (Wildman–Crippen LogP) is 4.48. The minimum atomic E-state index is -0.226. The molecule has 0 fully saturated rings. The van der Waals surface area contributed by atoms with Crippen LogP contribution < -0.4 is 10.1 Å². The average Bonchev–Trinajstić information content (AvgIpc) is 2.45. The molecule has 0 amide bonds. The van der Waals surface area contributed by atoms with Crippen LogP contribution in [0.4, 0.5) is 4.39 Å². The lowest BCUT2D eigenvalue weighted by Gasteiger charge is -2.13. The summed E-state index contributed by atoms with van der Waals surface area (Å²) in [6, 6.07) is 10.3. The lowest BCUT2D eigenvalue weighted by Crippen LogP contribution is -2.13. The summed E-state index contributed by atoms with van der Waals surface area (Å²) in [6.45, 7) is 5.92. The standard InChI is InChI=1S/C17H19ClFNO/c1-3-20-10-14-9-15(18)5-7-17(14)21-11-13-4-6-16(19)8-12(13)2/h4-9,20H,3,10-11H2,1-2H3. The number of ether oxygens (including phenoxy) is 1. The number of rotatable bonds is 6. The van der Waals surface area contributed by atoms with Crippen molar-refractivity contribution in [2.75, 3.05) is 6.54 Å². The second-order valence-corrected chi connectivity index (χ2v) is 5.33. The topological polar surface area (TPSA) is 21.3 Å². The quantitative estimate of drug-likeness (QED) is 0.850. The zero-order valence-electron chi connectivity index (χ0n) is 12.2. The van der Waals surface area contributed by atoms with E-state index in [1.165, 1.54) is 12.1 Å². The Kier molecular flexibility index (Phi) is 5.59. The van der Waals surface area contributed by atoms with Crippen molar-refractivity contribution in [3.8, 4) is 5.75 Å². The van der Waals surface area contributed by atoms with Crippen LogP contribution in [0.3, 0.4) is 0 Å². The number of hydrogen-bond acceptors (Lipinski definition) is 2. The second-order valence-electron chi connectivity index (χ2n) is 4.89. The molecule has 0 aromatic heterocycles. The Labute approximate surface area is 129 Å². The van der Waals surface area contributed by atoms with Crippen LogP contribution in [0.15, 0.2) is 36.4 Å². The molecule has 112 valence electrons. The van der Waals surface area contributed by atoms with Gasteiger partial charge < -0.3 is 10.1 Å². The van der Waals surface area contributed by atoms with Crippen molar-refractivity contribution in [2.24, 2.45) is 0 Å². The Bertz CT molecular complexity index is 616. The molecule has 0 aliphatic rings. The Morgan fingerprint density at radius 3 is 2.67 bits per heavy atom. The van der Waals surface area contributed by atoms with Crippen LogP contribution in [0.1, 0.15) is 23.6 Å². The van der Waals surface area contributed by atoms with Crippen molar-refractivity contribution in [2.45, 2.75) is 27.0 Å². The van der Waals surface area contributed by atoms with Crippen molar-refractivity contribution in [1.82, 2.24) is 5.32 Å². The third kappa shape index (κ3) is 4.45. The molecule has 0 unspecified atom stereocenters. The van der Waals surface area contributed by atoms with Crippen LogP contribution in [-0.4, -0.2) is 6.54 Å². The average molecular weight is 308 g/mol. The van der Waals surface area contributed by atoms with Gasteiger partial charge in [-0.05, 0) is 54.9 Å². The van der Waals surface area contributed by atoms with Gasteiger partial charge in [-0.25, -0.2) is 4.39 Å². The van der Waals surface area contributed by atoms with Crippen LogP contribution in [0.5, 0.6) is 5.75 Å². The van der Waals surface area contributed by atoms with Gasteiger partial charge in [0.2, 0.25) is 0 Å². The molecule has 4 heteroatoms. The van der Waals surface area contributed by atoms with Gasteiger partial charge in [-0.2, -0.15) is 0 Å². The molecule has 2 rings (SSSR count). The van der Waals surface area contributed by atoms with Gasteiger partial charge in [0.25, 0.3) is 0 Å². The van der Waals surface area contributed by atoms with Gasteiger partial charge in [0, 0.05) is 17.1 Å². The Balaban J connectivity index is 2.11. The van der Waals surface area contributed by atoms with Crippen LogP contribution in [0.25, 0.3) is 0 Å². The molecular weight excluding hydrogens is 289 g/mol. The van der Waals surface area contributed by atoms with E-state index in [0.29, 0.717) is 18.2 Å². The van der Waals surface area contributed by atoms with E-state index in [2.05, 4.69) is 5.32 Å². The minimum Gasteiger partial charge on any atom is -0.489 e. The monoisotopic (exact) mass is 307 g/mol. The maximum atomic E-state index is 13.1. The molecule has 0 spiro atoms. The van der Waals surface area contributed by atoms with Gasteiger partial charge in [-0.1, -0.05) is 24.6 Å². The summed E-state index contributed by atoms with van der Waals surface area (Å²) in [5, 5.41) is 3.95. The van der Waals surface area contributed by atoms with E-state index in [1.54, 1.807) is 6.07 Å². The first-order valence-electron chi connectivity index (χ1n) is 6.97. The van der Waals surface area contributed by atoms with E-state index in [9.17, 15) is 4.39 Å². The van der Waals surface area contributed by atoms with Crippen LogP contribution >= 0.6 is 11.6 Å². The number of halogens is 2. The summed E-state index contributed by atoms with van der Waals surface area (Å²) in [5.41, 5.74) is 2.88. The molecule has 0 aliphatic carbocycles.